The summed E-state index contributed by atoms with van der Waals surface area (Å²) < 4.78 is 6.52. The number of hydrogen-bond acceptors (Lipinski definition) is 4. The van der Waals surface area contributed by atoms with Crippen molar-refractivity contribution in [2.24, 2.45) is 0 Å². The highest BCUT2D eigenvalue weighted by molar-refractivity contribution is 9.11. The van der Waals surface area contributed by atoms with Crippen molar-refractivity contribution in [1.82, 2.24) is 10.6 Å². The molecule has 2 N–H and O–H groups in total. The number of hydrogen-bond donors (Lipinski definition) is 2. The van der Waals surface area contributed by atoms with E-state index in [1.54, 1.807) is 11.3 Å². The van der Waals surface area contributed by atoms with E-state index in [2.05, 4.69) is 45.6 Å². The summed E-state index contributed by atoms with van der Waals surface area (Å²) in [7, 11) is 0. The Labute approximate surface area is 145 Å². The van der Waals surface area contributed by atoms with Gasteiger partial charge in [0.15, 0.2) is 0 Å². The largest absolute Gasteiger partial charge is 0.444 e. The molecule has 1 unspecified atom stereocenters. The second-order valence-corrected chi connectivity index (χ2v) is 9.50. The van der Waals surface area contributed by atoms with E-state index in [4.69, 9.17) is 4.74 Å². The Hall–Kier alpha value is -0.590. The third kappa shape index (κ3) is 4.96. The summed E-state index contributed by atoms with van der Waals surface area (Å²) in [5.74, 6) is 0. The van der Waals surface area contributed by atoms with Crippen LogP contribution >= 0.6 is 27.3 Å². The van der Waals surface area contributed by atoms with Gasteiger partial charge in [-0.3, -0.25) is 0 Å². The number of carbonyl (C=O) groups excluding carboxylic acids is 1. The van der Waals surface area contributed by atoms with Crippen molar-refractivity contribution in [2.45, 2.75) is 64.1 Å². The van der Waals surface area contributed by atoms with E-state index in [0.717, 1.165) is 29.6 Å². The van der Waals surface area contributed by atoms with Crippen LogP contribution < -0.4 is 10.6 Å². The molecule has 6 heteroatoms. The van der Waals surface area contributed by atoms with Crippen LogP contribution in [0.15, 0.2) is 15.9 Å². The minimum absolute atomic E-state index is 0.162. The fourth-order valence-electron chi connectivity index (χ4n) is 2.48. The normalized spacial score (nSPS) is 18.4. The Balaban J connectivity index is 1.87. The second-order valence-electron chi connectivity index (χ2n) is 7.01. The molecule has 0 spiro atoms. The van der Waals surface area contributed by atoms with Gasteiger partial charge in [0.1, 0.15) is 5.60 Å². The highest BCUT2D eigenvalue weighted by Gasteiger charge is 2.39. The number of amides is 1. The smallest absolute Gasteiger partial charge is 0.408 e. The quantitative estimate of drug-likeness (QED) is 0.773. The van der Waals surface area contributed by atoms with Crippen LogP contribution in [0, 0.1) is 0 Å². The lowest BCUT2D eigenvalue weighted by molar-refractivity contribution is 0.0379. The lowest BCUT2D eigenvalue weighted by atomic mass is 9.76. The van der Waals surface area contributed by atoms with Crippen molar-refractivity contribution in [3.63, 3.8) is 0 Å². The second kappa shape index (κ2) is 6.89. The van der Waals surface area contributed by atoms with Gasteiger partial charge in [-0.2, -0.15) is 0 Å². The van der Waals surface area contributed by atoms with Crippen LogP contribution in [-0.2, 0) is 4.74 Å². The first-order valence-electron chi connectivity index (χ1n) is 7.69. The van der Waals surface area contributed by atoms with Crippen molar-refractivity contribution < 1.29 is 9.53 Å². The van der Waals surface area contributed by atoms with E-state index >= 15 is 0 Å². The molecule has 1 aromatic rings. The van der Waals surface area contributed by atoms with Crippen LogP contribution in [0.25, 0.3) is 0 Å². The molecule has 1 amide bonds. The summed E-state index contributed by atoms with van der Waals surface area (Å²) in [5.41, 5.74) is -0.621. The first kappa shape index (κ1) is 17.8. The molecule has 1 aliphatic rings. The van der Waals surface area contributed by atoms with Crippen molar-refractivity contribution in [2.75, 3.05) is 6.54 Å². The number of thiophene rings is 1. The van der Waals surface area contributed by atoms with Crippen molar-refractivity contribution >= 4 is 33.4 Å². The number of nitrogens with one attached hydrogen (secondary N) is 2. The molecule has 0 bridgehead atoms. The van der Waals surface area contributed by atoms with E-state index in [1.165, 1.54) is 4.88 Å². The maximum absolute atomic E-state index is 12.0. The average Bonchev–Trinajstić information content (AvgIpc) is 2.76. The molecule has 0 aliphatic heterocycles. The molecule has 124 valence electrons. The molecule has 0 aromatic carbocycles. The molecule has 1 aliphatic carbocycles. The fraction of sp³-hybridized carbons (Fsp3) is 0.688. The molecule has 4 nitrogen and oxygen atoms in total. The van der Waals surface area contributed by atoms with Crippen molar-refractivity contribution in [1.29, 1.82) is 0 Å². The van der Waals surface area contributed by atoms with Gasteiger partial charge in [0, 0.05) is 17.5 Å². The summed E-state index contributed by atoms with van der Waals surface area (Å²) in [6, 6.07) is 4.46. The van der Waals surface area contributed by atoms with Crippen molar-refractivity contribution in [3.8, 4) is 0 Å². The number of alkyl carbamates (subject to hydrolysis) is 1. The number of carbonyl (C=O) groups is 1. The molecule has 0 radical (unpaired) electrons. The molecule has 0 saturated heterocycles. The number of ether oxygens (including phenoxy) is 1. The van der Waals surface area contributed by atoms with Gasteiger partial charge in [-0.05, 0) is 75.0 Å². The maximum Gasteiger partial charge on any atom is 0.408 e. The van der Waals surface area contributed by atoms with Crippen LogP contribution in [0.1, 0.15) is 57.9 Å². The van der Waals surface area contributed by atoms with E-state index in [1.807, 2.05) is 20.8 Å². The fourth-order valence-corrected chi connectivity index (χ4v) is 3.93. The van der Waals surface area contributed by atoms with Gasteiger partial charge >= 0.3 is 6.09 Å². The van der Waals surface area contributed by atoms with Gasteiger partial charge < -0.3 is 15.4 Å². The standard InChI is InChI=1S/C16H25BrN2O2S/c1-11(12-6-7-13(17)22-12)18-10-16(8-5-9-16)19-14(20)21-15(2,3)4/h6-7,11,18H,5,8-10H2,1-4H3,(H,19,20). The zero-order chi connectivity index (χ0) is 16.4. The first-order chi connectivity index (χ1) is 10.2. The topological polar surface area (TPSA) is 50.4 Å². The molecule has 1 heterocycles. The summed E-state index contributed by atoms with van der Waals surface area (Å²) in [6.07, 6.45) is 2.83. The van der Waals surface area contributed by atoms with Crippen LogP contribution in [0.2, 0.25) is 0 Å². The number of rotatable bonds is 5. The lowest BCUT2D eigenvalue weighted by Crippen LogP contribution is -2.60. The third-order valence-corrected chi connectivity index (χ3v) is 5.65. The molecule has 1 fully saturated rings. The van der Waals surface area contributed by atoms with Gasteiger partial charge in [-0.15, -0.1) is 11.3 Å². The summed E-state index contributed by atoms with van der Waals surface area (Å²) in [5, 5.41) is 6.61. The Kier molecular flexibility index (Phi) is 5.56. The van der Waals surface area contributed by atoms with Gasteiger partial charge in [-0.1, -0.05) is 0 Å². The minimum Gasteiger partial charge on any atom is -0.444 e. The summed E-state index contributed by atoms with van der Waals surface area (Å²) >= 11 is 5.23. The highest BCUT2D eigenvalue weighted by atomic mass is 79.9. The molecular weight excluding hydrogens is 364 g/mol. The monoisotopic (exact) mass is 388 g/mol. The van der Waals surface area contributed by atoms with Crippen LogP contribution in [-0.4, -0.2) is 23.8 Å². The molecule has 2 rings (SSSR count). The van der Waals surface area contributed by atoms with Gasteiger partial charge in [0.2, 0.25) is 0 Å². The van der Waals surface area contributed by atoms with Crippen LogP contribution in [0.4, 0.5) is 4.79 Å². The molecular formula is C16H25BrN2O2S. The molecule has 22 heavy (non-hydrogen) atoms. The Morgan fingerprint density at radius 1 is 1.45 bits per heavy atom. The first-order valence-corrected chi connectivity index (χ1v) is 9.30. The Morgan fingerprint density at radius 3 is 2.59 bits per heavy atom. The van der Waals surface area contributed by atoms with E-state index in [-0.39, 0.29) is 17.7 Å². The predicted molar refractivity (Wildman–Crippen MR) is 94.4 cm³/mol. The van der Waals surface area contributed by atoms with E-state index in [9.17, 15) is 4.79 Å². The van der Waals surface area contributed by atoms with E-state index in [0.29, 0.717) is 0 Å². The van der Waals surface area contributed by atoms with Crippen LogP contribution in [0.5, 0.6) is 0 Å². The minimum atomic E-state index is -0.459. The Morgan fingerprint density at radius 2 is 2.14 bits per heavy atom. The van der Waals surface area contributed by atoms with Crippen LogP contribution in [0.3, 0.4) is 0 Å². The zero-order valence-electron chi connectivity index (χ0n) is 13.7. The Bertz CT molecular complexity index is 520. The highest BCUT2D eigenvalue weighted by Crippen LogP contribution is 2.33. The summed E-state index contributed by atoms with van der Waals surface area (Å²) in [4.78, 5) is 13.3. The predicted octanol–water partition coefficient (Wildman–Crippen LogP) is 4.61. The molecule has 1 saturated carbocycles. The van der Waals surface area contributed by atoms with Gasteiger partial charge in [-0.25, -0.2) is 4.79 Å². The van der Waals surface area contributed by atoms with Gasteiger partial charge in [0.05, 0.1) is 9.33 Å². The average molecular weight is 389 g/mol. The molecule has 1 aromatic heterocycles. The maximum atomic E-state index is 12.0. The van der Waals surface area contributed by atoms with Crippen molar-refractivity contribution in [3.05, 3.63) is 20.8 Å². The SMILES string of the molecule is CC(NCC1(NC(=O)OC(C)(C)C)CCC1)c1ccc(Br)s1. The summed E-state index contributed by atoms with van der Waals surface area (Å²) in [6.45, 7) is 8.57. The van der Waals surface area contributed by atoms with Gasteiger partial charge in [0.25, 0.3) is 0 Å². The third-order valence-electron chi connectivity index (χ3n) is 3.84. The molecule has 1 atom stereocenters. The number of halogens is 1. The van der Waals surface area contributed by atoms with E-state index < -0.39 is 5.60 Å². The zero-order valence-corrected chi connectivity index (χ0v) is 16.1. The lowest BCUT2D eigenvalue weighted by Gasteiger charge is -2.43.